The third-order valence-electron chi connectivity index (χ3n) is 6.12. The van der Waals surface area contributed by atoms with E-state index in [0.29, 0.717) is 19.8 Å². The summed E-state index contributed by atoms with van der Waals surface area (Å²) in [4.78, 5) is 19.9. The number of piperazine rings is 1. The van der Waals surface area contributed by atoms with Crippen LogP contribution in [0.15, 0.2) is 30.3 Å². The highest BCUT2D eigenvalue weighted by Gasteiger charge is 2.37. The van der Waals surface area contributed by atoms with Crippen molar-refractivity contribution in [2.24, 2.45) is 0 Å². The molecule has 1 amide bonds. The van der Waals surface area contributed by atoms with E-state index in [4.69, 9.17) is 14.2 Å². The average Bonchev–Trinajstić information content (AvgIpc) is 2.74. The van der Waals surface area contributed by atoms with E-state index in [-0.39, 0.29) is 30.4 Å². The van der Waals surface area contributed by atoms with Crippen molar-refractivity contribution < 1.29 is 19.0 Å². The summed E-state index contributed by atoms with van der Waals surface area (Å²) in [5.41, 5.74) is 0.798. The van der Waals surface area contributed by atoms with E-state index in [1.54, 1.807) is 0 Å². The SMILES string of the molecule is CC(C)OC[C@@H]1CN(C[C@H]2CN(C(=O)OC(C)(C)C)[C@H](C)CN2Cc2ccccc2)CCO1. The Morgan fingerprint density at radius 1 is 1.15 bits per heavy atom. The van der Waals surface area contributed by atoms with Crippen molar-refractivity contribution in [1.29, 1.82) is 0 Å². The molecule has 2 aliphatic rings. The van der Waals surface area contributed by atoms with Gasteiger partial charge in [-0.25, -0.2) is 4.79 Å². The predicted molar refractivity (Wildman–Crippen MR) is 130 cm³/mol. The van der Waals surface area contributed by atoms with Gasteiger partial charge in [0.2, 0.25) is 0 Å². The van der Waals surface area contributed by atoms with Gasteiger partial charge < -0.3 is 19.1 Å². The molecule has 2 saturated heterocycles. The van der Waals surface area contributed by atoms with Gasteiger partial charge in [0, 0.05) is 51.4 Å². The fourth-order valence-corrected chi connectivity index (χ4v) is 4.51. The number of nitrogens with zero attached hydrogens (tertiary/aromatic N) is 3. The van der Waals surface area contributed by atoms with Crippen LogP contribution in [0.2, 0.25) is 0 Å². The molecular formula is C26H43N3O4. The number of hydrogen-bond donors (Lipinski definition) is 0. The van der Waals surface area contributed by atoms with Crippen molar-refractivity contribution in [3.05, 3.63) is 35.9 Å². The second kappa shape index (κ2) is 11.6. The minimum atomic E-state index is -0.499. The van der Waals surface area contributed by atoms with Gasteiger partial charge in [-0.15, -0.1) is 0 Å². The average molecular weight is 462 g/mol. The van der Waals surface area contributed by atoms with Crippen LogP contribution in [0.3, 0.4) is 0 Å². The summed E-state index contributed by atoms with van der Waals surface area (Å²) in [6, 6.07) is 10.9. The maximum atomic E-state index is 13.0. The summed E-state index contributed by atoms with van der Waals surface area (Å²) >= 11 is 0. The lowest BCUT2D eigenvalue weighted by molar-refractivity contribution is -0.0877. The van der Waals surface area contributed by atoms with Crippen LogP contribution in [0.5, 0.6) is 0 Å². The second-order valence-corrected chi connectivity index (χ2v) is 10.7. The molecule has 2 aliphatic heterocycles. The molecule has 3 rings (SSSR count). The minimum Gasteiger partial charge on any atom is -0.444 e. The van der Waals surface area contributed by atoms with Crippen molar-refractivity contribution in [2.75, 3.05) is 45.9 Å². The van der Waals surface area contributed by atoms with Gasteiger partial charge in [0.25, 0.3) is 0 Å². The van der Waals surface area contributed by atoms with E-state index in [1.165, 1.54) is 5.56 Å². The zero-order chi connectivity index (χ0) is 24.0. The molecule has 2 fully saturated rings. The quantitative estimate of drug-likeness (QED) is 0.618. The summed E-state index contributed by atoms with van der Waals surface area (Å²) in [6.07, 6.45) is 0.0744. The number of ether oxygens (including phenoxy) is 3. The first-order valence-electron chi connectivity index (χ1n) is 12.3. The third kappa shape index (κ3) is 8.25. The molecule has 0 N–H and O–H groups in total. The fraction of sp³-hybridized carbons (Fsp3) is 0.731. The second-order valence-electron chi connectivity index (χ2n) is 10.7. The monoisotopic (exact) mass is 461 g/mol. The Balaban J connectivity index is 1.70. The Morgan fingerprint density at radius 3 is 2.55 bits per heavy atom. The number of rotatable bonds is 7. The summed E-state index contributed by atoms with van der Waals surface area (Å²) in [6.45, 7) is 18.3. The van der Waals surface area contributed by atoms with Crippen molar-refractivity contribution in [1.82, 2.24) is 14.7 Å². The topological polar surface area (TPSA) is 54.5 Å². The van der Waals surface area contributed by atoms with E-state index >= 15 is 0 Å². The van der Waals surface area contributed by atoms with Gasteiger partial charge in [0.15, 0.2) is 0 Å². The lowest BCUT2D eigenvalue weighted by Gasteiger charge is -2.47. The van der Waals surface area contributed by atoms with Crippen LogP contribution in [-0.4, -0.2) is 96.6 Å². The molecule has 0 bridgehead atoms. The zero-order valence-corrected chi connectivity index (χ0v) is 21.3. The number of carbonyl (C=O) groups excluding carboxylic acids is 1. The normalized spacial score (nSPS) is 25.4. The van der Waals surface area contributed by atoms with Crippen LogP contribution in [-0.2, 0) is 20.8 Å². The maximum Gasteiger partial charge on any atom is 0.410 e. The van der Waals surface area contributed by atoms with Gasteiger partial charge in [-0.2, -0.15) is 0 Å². The number of morpholine rings is 1. The van der Waals surface area contributed by atoms with E-state index in [2.05, 4.69) is 60.9 Å². The van der Waals surface area contributed by atoms with Crippen LogP contribution in [0.25, 0.3) is 0 Å². The van der Waals surface area contributed by atoms with Gasteiger partial charge >= 0.3 is 6.09 Å². The fourth-order valence-electron chi connectivity index (χ4n) is 4.51. The third-order valence-corrected chi connectivity index (χ3v) is 6.12. The van der Waals surface area contributed by atoms with Crippen molar-refractivity contribution >= 4 is 6.09 Å². The van der Waals surface area contributed by atoms with Crippen molar-refractivity contribution in [2.45, 2.75) is 78.0 Å². The molecule has 7 nitrogen and oxygen atoms in total. The number of amides is 1. The van der Waals surface area contributed by atoms with E-state index in [0.717, 1.165) is 32.7 Å². The predicted octanol–water partition coefficient (Wildman–Crippen LogP) is 3.62. The Hall–Kier alpha value is -1.67. The largest absolute Gasteiger partial charge is 0.444 e. The lowest BCUT2D eigenvalue weighted by Crippen LogP contribution is -2.62. The molecule has 2 heterocycles. The molecule has 33 heavy (non-hydrogen) atoms. The van der Waals surface area contributed by atoms with Gasteiger partial charge in [0.05, 0.1) is 25.4 Å². The van der Waals surface area contributed by atoms with Crippen LogP contribution in [0.1, 0.15) is 47.1 Å². The summed E-state index contributed by atoms with van der Waals surface area (Å²) < 4.78 is 17.5. The molecular weight excluding hydrogens is 418 g/mol. The van der Waals surface area contributed by atoms with E-state index in [1.807, 2.05) is 25.7 Å². The number of benzene rings is 1. The minimum absolute atomic E-state index is 0.0909. The Labute approximate surface area is 200 Å². The smallest absolute Gasteiger partial charge is 0.410 e. The van der Waals surface area contributed by atoms with Gasteiger partial charge in [-0.1, -0.05) is 30.3 Å². The van der Waals surface area contributed by atoms with E-state index < -0.39 is 5.60 Å². The molecule has 0 radical (unpaired) electrons. The van der Waals surface area contributed by atoms with Crippen LogP contribution in [0.4, 0.5) is 4.79 Å². The first-order chi connectivity index (χ1) is 15.6. The van der Waals surface area contributed by atoms with Crippen LogP contribution < -0.4 is 0 Å². The molecule has 1 aromatic carbocycles. The zero-order valence-electron chi connectivity index (χ0n) is 21.3. The van der Waals surface area contributed by atoms with Crippen LogP contribution in [0, 0.1) is 0 Å². The molecule has 0 saturated carbocycles. The summed E-state index contributed by atoms with van der Waals surface area (Å²) in [5.74, 6) is 0. The summed E-state index contributed by atoms with van der Waals surface area (Å²) in [7, 11) is 0. The molecule has 3 atom stereocenters. The molecule has 0 aromatic heterocycles. The summed E-state index contributed by atoms with van der Waals surface area (Å²) in [5, 5.41) is 0. The molecule has 0 unspecified atom stereocenters. The van der Waals surface area contributed by atoms with Gasteiger partial charge in [0.1, 0.15) is 5.60 Å². The van der Waals surface area contributed by atoms with Gasteiger partial charge in [-0.3, -0.25) is 9.80 Å². The van der Waals surface area contributed by atoms with Crippen molar-refractivity contribution in [3.63, 3.8) is 0 Å². The molecule has 186 valence electrons. The van der Waals surface area contributed by atoms with Gasteiger partial charge in [-0.05, 0) is 47.1 Å². The first kappa shape index (κ1) is 25.9. The number of carbonyl (C=O) groups is 1. The highest BCUT2D eigenvalue weighted by Crippen LogP contribution is 2.22. The highest BCUT2D eigenvalue weighted by atomic mass is 16.6. The molecule has 7 heteroatoms. The Morgan fingerprint density at radius 2 is 1.88 bits per heavy atom. The molecule has 0 aliphatic carbocycles. The standard InChI is InChI=1S/C26H43N3O4/c1-20(2)32-19-24-18-27(12-13-31-24)16-23-17-29(25(30)33-26(4,5)6)21(3)14-28(23)15-22-10-8-7-9-11-22/h7-11,20-21,23-24H,12-19H2,1-6H3/t21-,23+,24+/m1/s1. The Kier molecular flexibility index (Phi) is 9.16. The molecule has 0 spiro atoms. The van der Waals surface area contributed by atoms with E-state index in [9.17, 15) is 4.79 Å². The van der Waals surface area contributed by atoms with Crippen molar-refractivity contribution in [3.8, 4) is 0 Å². The molecule has 1 aromatic rings. The number of hydrogen-bond acceptors (Lipinski definition) is 6. The lowest BCUT2D eigenvalue weighted by atomic mass is 10.0. The highest BCUT2D eigenvalue weighted by molar-refractivity contribution is 5.68. The maximum absolute atomic E-state index is 13.0. The van der Waals surface area contributed by atoms with Crippen LogP contribution >= 0.6 is 0 Å². The first-order valence-corrected chi connectivity index (χ1v) is 12.3. The Bertz CT molecular complexity index is 737.